The molecule has 0 nitrogen and oxygen atoms in total. The van der Waals surface area contributed by atoms with Crippen molar-refractivity contribution < 1.29 is 0 Å². The third-order valence-corrected chi connectivity index (χ3v) is 7.41. The van der Waals surface area contributed by atoms with E-state index in [9.17, 15) is 0 Å². The van der Waals surface area contributed by atoms with Crippen LogP contribution < -0.4 is 0 Å². The quantitative estimate of drug-likeness (QED) is 0.244. The summed E-state index contributed by atoms with van der Waals surface area (Å²) in [7, 11) is 0. The van der Waals surface area contributed by atoms with Crippen LogP contribution in [0.5, 0.6) is 0 Å². The van der Waals surface area contributed by atoms with Crippen molar-refractivity contribution in [2.24, 2.45) is 0 Å². The van der Waals surface area contributed by atoms with Crippen LogP contribution in [0, 0.1) is 23.7 Å². The second-order valence-electron chi connectivity index (χ2n) is 5.60. The molecule has 0 radical (unpaired) electrons. The molecule has 4 heterocycles. The smallest absolute Gasteiger partial charge is 0.0785 e. The van der Waals surface area contributed by atoms with Crippen LogP contribution in [0.2, 0.25) is 0 Å². The summed E-state index contributed by atoms with van der Waals surface area (Å²) < 4.78 is 2.56. The third kappa shape index (κ3) is 3.21. The minimum absolute atomic E-state index is 1.11. The number of hydrogen-bond donors (Lipinski definition) is 0. The molecule has 0 N–H and O–H groups in total. The monoisotopic (exact) mass is 402 g/mol. The van der Waals surface area contributed by atoms with Crippen molar-refractivity contribution in [3.8, 4) is 23.7 Å². The maximum Gasteiger partial charge on any atom is 0.0785 e. The minimum atomic E-state index is 1.11. The summed E-state index contributed by atoms with van der Waals surface area (Å²) in [5.41, 5.74) is 0. The summed E-state index contributed by atoms with van der Waals surface area (Å²) in [6, 6.07) is 17.1. The number of hydrogen-bond acceptors (Lipinski definition) is 4. The third-order valence-electron chi connectivity index (χ3n) is 3.82. The summed E-state index contributed by atoms with van der Waals surface area (Å²) in [6.45, 7) is 0. The average molecular weight is 403 g/mol. The Bertz CT molecular complexity index is 1170. The molecule has 0 aliphatic rings. The lowest BCUT2D eigenvalue weighted by Gasteiger charge is -1.89. The average Bonchev–Trinajstić information content (AvgIpc) is 3.43. The summed E-state index contributed by atoms with van der Waals surface area (Å²) in [4.78, 5) is 4.45. The zero-order chi connectivity index (χ0) is 17.3. The van der Waals surface area contributed by atoms with Gasteiger partial charge < -0.3 is 0 Å². The van der Waals surface area contributed by atoms with Gasteiger partial charge in [0, 0.05) is 9.40 Å². The van der Waals surface area contributed by atoms with Crippen LogP contribution in [0.3, 0.4) is 0 Å². The second-order valence-corrected chi connectivity index (χ2v) is 9.67. The highest BCUT2D eigenvalue weighted by Crippen LogP contribution is 2.33. The van der Waals surface area contributed by atoms with Gasteiger partial charge in [0.25, 0.3) is 0 Å². The first-order chi connectivity index (χ1) is 12.8. The molecule has 0 amide bonds. The lowest BCUT2D eigenvalue weighted by atomic mass is 10.2. The van der Waals surface area contributed by atoms with Crippen molar-refractivity contribution in [2.75, 3.05) is 0 Å². The van der Waals surface area contributed by atoms with Crippen molar-refractivity contribution >= 4 is 65.5 Å². The topological polar surface area (TPSA) is 0 Å². The Morgan fingerprint density at radius 2 is 1.00 bits per heavy atom. The van der Waals surface area contributed by atoms with Crippen LogP contribution in [0.25, 0.3) is 20.2 Å². The van der Waals surface area contributed by atoms with Crippen molar-refractivity contribution in [3.05, 3.63) is 78.8 Å². The highest BCUT2D eigenvalue weighted by Gasteiger charge is 2.06. The van der Waals surface area contributed by atoms with E-state index in [2.05, 4.69) is 70.8 Å². The van der Waals surface area contributed by atoms with Gasteiger partial charge >= 0.3 is 0 Å². The molecular formula is C22H10S4. The Morgan fingerprint density at radius 1 is 0.538 bits per heavy atom. The van der Waals surface area contributed by atoms with E-state index in [4.69, 9.17) is 0 Å². The highest BCUT2D eigenvalue weighted by atomic mass is 32.1. The summed E-state index contributed by atoms with van der Waals surface area (Å²) in [5, 5.41) is 6.64. The fourth-order valence-corrected chi connectivity index (χ4v) is 5.68. The summed E-state index contributed by atoms with van der Waals surface area (Å²) in [5.74, 6) is 13.1. The molecular weight excluding hydrogens is 393 g/mol. The predicted molar refractivity (Wildman–Crippen MR) is 118 cm³/mol. The van der Waals surface area contributed by atoms with Gasteiger partial charge in [0.15, 0.2) is 0 Å². The fourth-order valence-electron chi connectivity index (χ4n) is 2.64. The molecule has 0 spiro atoms. The standard InChI is InChI=1S/C22H10S4/c1-3-17(23-9-1)5-7-19-11-15-13-22-16(14-21(15)25-19)12-20(26-22)8-6-18-4-2-10-24-18/h1-4,9-14H. The van der Waals surface area contributed by atoms with Gasteiger partial charge in [-0.25, -0.2) is 0 Å². The molecule has 4 heteroatoms. The molecule has 1 aromatic carbocycles. The van der Waals surface area contributed by atoms with Crippen LogP contribution in [-0.4, -0.2) is 0 Å². The minimum Gasteiger partial charge on any atom is -0.135 e. The summed E-state index contributed by atoms with van der Waals surface area (Å²) >= 11 is 6.87. The first-order valence-electron chi connectivity index (χ1n) is 7.92. The van der Waals surface area contributed by atoms with Crippen molar-refractivity contribution in [1.82, 2.24) is 0 Å². The number of fused-ring (bicyclic) bond motifs is 2. The van der Waals surface area contributed by atoms with E-state index in [1.807, 2.05) is 12.1 Å². The van der Waals surface area contributed by atoms with Gasteiger partial charge in [-0.05, 0) is 81.6 Å². The van der Waals surface area contributed by atoms with Gasteiger partial charge in [0.05, 0.1) is 19.5 Å². The van der Waals surface area contributed by atoms with Crippen LogP contribution >= 0.6 is 45.3 Å². The first-order valence-corrected chi connectivity index (χ1v) is 11.3. The predicted octanol–water partition coefficient (Wildman–Crippen LogP) is 7.04. The molecule has 5 rings (SSSR count). The Morgan fingerprint density at radius 3 is 1.42 bits per heavy atom. The molecule has 122 valence electrons. The Labute approximate surface area is 167 Å². The fraction of sp³-hybridized carbons (Fsp3) is 0. The molecule has 5 aromatic rings. The molecule has 26 heavy (non-hydrogen) atoms. The van der Waals surface area contributed by atoms with Crippen LogP contribution in [0.1, 0.15) is 19.5 Å². The van der Waals surface area contributed by atoms with E-state index in [1.165, 1.54) is 20.2 Å². The molecule has 4 aromatic heterocycles. The SMILES string of the molecule is C(#Cc1cc2cc3sc(C#Cc4cccs4)cc3cc2s1)c1cccs1. The van der Waals surface area contributed by atoms with Gasteiger partial charge in [-0.2, -0.15) is 0 Å². The molecule has 0 unspecified atom stereocenters. The highest BCUT2D eigenvalue weighted by molar-refractivity contribution is 7.21. The van der Waals surface area contributed by atoms with Crippen molar-refractivity contribution in [1.29, 1.82) is 0 Å². The molecule has 0 fully saturated rings. The largest absolute Gasteiger partial charge is 0.135 e. The lowest BCUT2D eigenvalue weighted by molar-refractivity contribution is 1.91. The van der Waals surface area contributed by atoms with Crippen molar-refractivity contribution in [2.45, 2.75) is 0 Å². The van der Waals surface area contributed by atoms with E-state index in [0.717, 1.165) is 19.5 Å². The van der Waals surface area contributed by atoms with E-state index >= 15 is 0 Å². The lowest BCUT2D eigenvalue weighted by Crippen LogP contribution is -1.63. The molecule has 0 saturated carbocycles. The zero-order valence-electron chi connectivity index (χ0n) is 13.4. The molecule has 0 atom stereocenters. The van der Waals surface area contributed by atoms with Crippen LogP contribution in [-0.2, 0) is 0 Å². The zero-order valence-corrected chi connectivity index (χ0v) is 16.7. The van der Waals surface area contributed by atoms with Gasteiger partial charge in [0.2, 0.25) is 0 Å². The molecule has 0 bridgehead atoms. The Hall–Kier alpha value is -2.34. The van der Waals surface area contributed by atoms with Crippen molar-refractivity contribution in [3.63, 3.8) is 0 Å². The number of thiophene rings is 4. The van der Waals surface area contributed by atoms with Gasteiger partial charge in [-0.15, -0.1) is 45.3 Å². The number of rotatable bonds is 0. The first kappa shape index (κ1) is 15.9. The second kappa shape index (κ2) is 6.76. The molecule has 0 aliphatic heterocycles. The van der Waals surface area contributed by atoms with Gasteiger partial charge in [0.1, 0.15) is 0 Å². The van der Waals surface area contributed by atoms with E-state index in [1.54, 1.807) is 45.3 Å². The van der Waals surface area contributed by atoms with E-state index in [-0.39, 0.29) is 0 Å². The molecule has 0 saturated heterocycles. The van der Waals surface area contributed by atoms with Crippen LogP contribution in [0.4, 0.5) is 0 Å². The number of benzene rings is 1. The maximum atomic E-state index is 3.29. The van der Waals surface area contributed by atoms with Crippen LogP contribution in [0.15, 0.2) is 59.3 Å². The van der Waals surface area contributed by atoms with E-state index in [0.29, 0.717) is 0 Å². The maximum absolute atomic E-state index is 3.29. The Kier molecular flexibility index (Phi) is 4.13. The van der Waals surface area contributed by atoms with Gasteiger partial charge in [-0.1, -0.05) is 12.1 Å². The van der Waals surface area contributed by atoms with Gasteiger partial charge in [-0.3, -0.25) is 0 Å². The molecule has 0 aliphatic carbocycles. The normalized spacial score (nSPS) is 10.5. The summed E-state index contributed by atoms with van der Waals surface area (Å²) in [6.07, 6.45) is 0. The van der Waals surface area contributed by atoms with E-state index < -0.39 is 0 Å². The Balaban J connectivity index is 1.50.